The van der Waals surface area contributed by atoms with Gasteiger partial charge in [0, 0.05) is 13.1 Å². The first kappa shape index (κ1) is 11.2. The van der Waals surface area contributed by atoms with Crippen LogP contribution in [0, 0.1) is 0 Å². The van der Waals surface area contributed by atoms with Gasteiger partial charge in [-0.05, 0) is 0 Å². The highest BCUT2D eigenvalue weighted by atomic mass is 19.3. The number of hydrogen-bond donors (Lipinski definition) is 3. The molecule has 1 aliphatic rings. The lowest BCUT2D eigenvalue weighted by Gasteiger charge is -2.37. The first-order chi connectivity index (χ1) is 6.32. The van der Waals surface area contributed by atoms with Crippen LogP contribution in [0.1, 0.15) is 0 Å². The minimum atomic E-state index is -4.82. The summed E-state index contributed by atoms with van der Waals surface area (Å²) in [5.74, 6) is -6.37. The number of carbonyl (C=O) groups is 1. The summed E-state index contributed by atoms with van der Waals surface area (Å²) in [5.41, 5.74) is -3.53. The molecule has 1 saturated heterocycles. The van der Waals surface area contributed by atoms with Crippen LogP contribution in [0.15, 0.2) is 0 Å². The summed E-state index contributed by atoms with van der Waals surface area (Å²) >= 11 is 0. The molecule has 0 aromatic heterocycles. The number of piperazine rings is 1. The van der Waals surface area contributed by atoms with Gasteiger partial charge in [0.15, 0.2) is 0 Å². The Morgan fingerprint density at radius 1 is 1.43 bits per heavy atom. The van der Waals surface area contributed by atoms with Gasteiger partial charge in [0.05, 0.1) is 0 Å². The predicted octanol–water partition coefficient (Wildman–Crippen LogP) is -0.705. The molecular formula is C6H8F4N2O2. The normalized spacial score (nSPS) is 29.1. The third-order valence-electron chi connectivity index (χ3n) is 1.88. The number of hydrogen-bond acceptors (Lipinski definition) is 3. The highest BCUT2D eigenvalue weighted by Gasteiger charge is 2.64. The standard InChI is InChI=1S/C6H8F4N2O2/c7-3(8)5(9,10)6(14)4(13)11-1-2-12-6/h3,12,14H,1-2H2,(H,11,13). The average molecular weight is 216 g/mol. The molecule has 0 radical (unpaired) electrons. The van der Waals surface area contributed by atoms with Crippen molar-refractivity contribution in [2.45, 2.75) is 18.1 Å². The predicted molar refractivity (Wildman–Crippen MR) is 36.9 cm³/mol. The Balaban J connectivity index is 2.97. The van der Waals surface area contributed by atoms with E-state index >= 15 is 0 Å². The average Bonchev–Trinajstić information content (AvgIpc) is 2.09. The maximum Gasteiger partial charge on any atom is 0.357 e. The largest absolute Gasteiger partial charge is 0.363 e. The van der Waals surface area contributed by atoms with Crippen molar-refractivity contribution >= 4 is 5.91 Å². The lowest BCUT2D eigenvalue weighted by molar-refractivity contribution is -0.250. The molecule has 0 aliphatic carbocycles. The van der Waals surface area contributed by atoms with E-state index in [0.717, 1.165) is 0 Å². The number of carbonyl (C=O) groups excluding carboxylic acids is 1. The second-order valence-corrected chi connectivity index (χ2v) is 2.82. The SMILES string of the molecule is O=C1NCCNC1(O)C(F)(F)C(F)F. The van der Waals surface area contributed by atoms with E-state index in [1.54, 1.807) is 5.32 Å². The van der Waals surface area contributed by atoms with Crippen molar-refractivity contribution in [3.63, 3.8) is 0 Å². The van der Waals surface area contributed by atoms with Crippen LogP contribution in [0.4, 0.5) is 17.6 Å². The van der Waals surface area contributed by atoms with Crippen molar-refractivity contribution in [2.75, 3.05) is 13.1 Å². The topological polar surface area (TPSA) is 61.4 Å². The molecule has 4 nitrogen and oxygen atoms in total. The van der Waals surface area contributed by atoms with Crippen LogP contribution in [0.5, 0.6) is 0 Å². The summed E-state index contributed by atoms with van der Waals surface area (Å²) < 4.78 is 49.3. The molecule has 1 rings (SSSR count). The minimum absolute atomic E-state index is 0.000458. The summed E-state index contributed by atoms with van der Waals surface area (Å²) in [6, 6.07) is 0. The van der Waals surface area contributed by atoms with Gasteiger partial charge >= 0.3 is 12.3 Å². The quantitative estimate of drug-likeness (QED) is 0.534. The van der Waals surface area contributed by atoms with Crippen LogP contribution < -0.4 is 10.6 Å². The number of nitrogens with one attached hydrogen (secondary N) is 2. The second-order valence-electron chi connectivity index (χ2n) is 2.82. The van der Waals surface area contributed by atoms with Crippen molar-refractivity contribution in [3.05, 3.63) is 0 Å². The lowest BCUT2D eigenvalue weighted by atomic mass is 10.0. The maximum atomic E-state index is 12.7. The molecule has 1 aliphatic heterocycles. The fraction of sp³-hybridized carbons (Fsp3) is 0.833. The van der Waals surface area contributed by atoms with E-state index in [-0.39, 0.29) is 13.1 Å². The highest BCUT2D eigenvalue weighted by Crippen LogP contribution is 2.33. The monoisotopic (exact) mass is 216 g/mol. The lowest BCUT2D eigenvalue weighted by Crippen LogP contribution is -2.73. The van der Waals surface area contributed by atoms with Gasteiger partial charge in [-0.3, -0.25) is 10.1 Å². The minimum Gasteiger partial charge on any atom is -0.363 e. The Morgan fingerprint density at radius 2 is 2.00 bits per heavy atom. The first-order valence-corrected chi connectivity index (χ1v) is 3.74. The molecule has 0 aromatic carbocycles. The summed E-state index contributed by atoms with van der Waals surface area (Å²) in [5, 5.41) is 12.6. The second kappa shape index (κ2) is 3.35. The van der Waals surface area contributed by atoms with Gasteiger partial charge in [0.25, 0.3) is 11.6 Å². The third kappa shape index (κ3) is 1.44. The molecule has 1 fully saturated rings. The van der Waals surface area contributed by atoms with Gasteiger partial charge in [0.1, 0.15) is 0 Å². The molecule has 0 spiro atoms. The summed E-state index contributed by atoms with van der Waals surface area (Å²) in [6.07, 6.45) is -4.12. The van der Waals surface area contributed by atoms with Crippen LogP contribution in [0.2, 0.25) is 0 Å². The molecule has 1 atom stereocenters. The van der Waals surface area contributed by atoms with Crippen LogP contribution in [-0.2, 0) is 4.79 Å². The highest BCUT2D eigenvalue weighted by molar-refractivity contribution is 5.86. The van der Waals surface area contributed by atoms with Crippen LogP contribution >= 0.6 is 0 Å². The number of amides is 1. The fourth-order valence-electron chi connectivity index (χ4n) is 1.05. The molecular weight excluding hydrogens is 208 g/mol. The number of halogens is 4. The molecule has 1 heterocycles. The molecule has 1 amide bonds. The van der Waals surface area contributed by atoms with Crippen molar-refractivity contribution in [2.24, 2.45) is 0 Å². The van der Waals surface area contributed by atoms with Crippen LogP contribution in [0.25, 0.3) is 0 Å². The van der Waals surface area contributed by atoms with Crippen molar-refractivity contribution in [1.82, 2.24) is 10.6 Å². The number of rotatable bonds is 2. The number of aliphatic hydroxyl groups is 1. The van der Waals surface area contributed by atoms with Crippen molar-refractivity contribution in [3.8, 4) is 0 Å². The Bertz CT molecular complexity index is 248. The maximum absolute atomic E-state index is 12.7. The fourth-order valence-corrected chi connectivity index (χ4v) is 1.05. The Morgan fingerprint density at radius 3 is 2.43 bits per heavy atom. The van der Waals surface area contributed by atoms with E-state index in [1.807, 2.05) is 5.32 Å². The van der Waals surface area contributed by atoms with Gasteiger partial charge < -0.3 is 10.4 Å². The zero-order chi connectivity index (χ0) is 11.0. The smallest absolute Gasteiger partial charge is 0.357 e. The van der Waals surface area contributed by atoms with Gasteiger partial charge in [-0.1, -0.05) is 0 Å². The van der Waals surface area contributed by atoms with Crippen molar-refractivity contribution < 1.29 is 27.5 Å². The van der Waals surface area contributed by atoms with Crippen LogP contribution in [0.3, 0.4) is 0 Å². The van der Waals surface area contributed by atoms with Crippen molar-refractivity contribution in [1.29, 1.82) is 0 Å². The Kier molecular flexibility index (Phi) is 2.68. The van der Waals surface area contributed by atoms with Gasteiger partial charge in [-0.2, -0.15) is 8.78 Å². The summed E-state index contributed by atoms with van der Waals surface area (Å²) in [7, 11) is 0. The van der Waals surface area contributed by atoms with Crippen LogP contribution in [-0.4, -0.2) is 42.2 Å². The first-order valence-electron chi connectivity index (χ1n) is 3.74. The molecule has 0 aromatic rings. The summed E-state index contributed by atoms with van der Waals surface area (Å²) in [4.78, 5) is 10.8. The van der Waals surface area contributed by atoms with E-state index < -0.39 is 24.0 Å². The molecule has 0 saturated carbocycles. The van der Waals surface area contributed by atoms with E-state index in [4.69, 9.17) is 5.11 Å². The molecule has 1 unspecified atom stereocenters. The molecule has 14 heavy (non-hydrogen) atoms. The molecule has 0 bridgehead atoms. The molecule has 3 N–H and O–H groups in total. The van der Waals surface area contributed by atoms with E-state index in [1.165, 1.54) is 0 Å². The molecule has 82 valence electrons. The number of alkyl halides is 4. The van der Waals surface area contributed by atoms with Gasteiger partial charge in [-0.15, -0.1) is 0 Å². The van der Waals surface area contributed by atoms with Gasteiger partial charge in [-0.25, -0.2) is 8.78 Å². The van der Waals surface area contributed by atoms with Gasteiger partial charge in [0.2, 0.25) is 0 Å². The Labute approximate surface area is 76.3 Å². The third-order valence-corrected chi connectivity index (χ3v) is 1.88. The van der Waals surface area contributed by atoms with E-state index in [9.17, 15) is 22.4 Å². The van der Waals surface area contributed by atoms with E-state index in [0.29, 0.717) is 0 Å². The zero-order valence-corrected chi connectivity index (χ0v) is 6.86. The summed E-state index contributed by atoms with van der Waals surface area (Å²) in [6.45, 7) is -0.203. The van der Waals surface area contributed by atoms with E-state index in [2.05, 4.69) is 0 Å². The molecule has 8 heteroatoms. The Hall–Kier alpha value is -0.890. The zero-order valence-electron chi connectivity index (χ0n) is 6.86.